The highest BCUT2D eigenvalue weighted by Crippen LogP contribution is 2.45. The smallest absolute Gasteiger partial charge is 0.411 e. The van der Waals surface area contributed by atoms with Crippen LogP contribution in [0.15, 0.2) is 10.5 Å². The fourth-order valence-electron chi connectivity index (χ4n) is 3.01. The third-order valence-corrected chi connectivity index (χ3v) is 5.74. The molecule has 128 valence electrons. The van der Waals surface area contributed by atoms with Gasteiger partial charge in [-0.1, -0.05) is 23.2 Å². The van der Waals surface area contributed by atoms with Crippen LogP contribution < -0.4 is 4.90 Å². The van der Waals surface area contributed by atoms with Crippen LogP contribution in [0.25, 0.3) is 10.9 Å². The van der Waals surface area contributed by atoms with Crippen LogP contribution in [0, 0.1) is 0 Å². The first-order valence-corrected chi connectivity index (χ1v) is 8.80. The molecular weight excluding hydrogens is 421 g/mol. The molecule has 6 nitrogen and oxygen atoms in total. The van der Waals surface area contributed by atoms with Crippen molar-refractivity contribution >= 4 is 67.7 Å². The molecule has 1 aliphatic heterocycles. The van der Waals surface area contributed by atoms with Crippen LogP contribution in [0.5, 0.6) is 0 Å². The average Bonchev–Trinajstić information content (AvgIpc) is 2.82. The molecule has 1 N–H and O–H groups in total. The molecule has 1 aliphatic rings. The van der Waals surface area contributed by atoms with Crippen molar-refractivity contribution in [2.45, 2.75) is 13.5 Å². The molecular formula is C15H14BrCl2N3O3. The number of amides is 2. The fourth-order valence-corrected chi connectivity index (χ4v) is 4.22. The maximum atomic E-state index is 12.6. The monoisotopic (exact) mass is 433 g/mol. The predicted octanol–water partition coefficient (Wildman–Crippen LogP) is 4.30. The Kier molecular flexibility index (Phi) is 4.44. The van der Waals surface area contributed by atoms with Crippen molar-refractivity contribution in [2.75, 3.05) is 25.0 Å². The molecule has 1 aromatic heterocycles. The van der Waals surface area contributed by atoms with Crippen molar-refractivity contribution in [3.8, 4) is 0 Å². The van der Waals surface area contributed by atoms with E-state index >= 15 is 0 Å². The molecule has 1 aromatic carbocycles. The van der Waals surface area contributed by atoms with E-state index in [9.17, 15) is 14.7 Å². The highest BCUT2D eigenvalue weighted by molar-refractivity contribution is 9.10. The number of hydrogen-bond donors (Lipinski definition) is 1. The molecule has 2 heterocycles. The van der Waals surface area contributed by atoms with Gasteiger partial charge in [0, 0.05) is 32.1 Å². The van der Waals surface area contributed by atoms with Crippen molar-refractivity contribution in [1.82, 2.24) is 9.47 Å². The number of carbonyl (C=O) groups is 2. The van der Waals surface area contributed by atoms with Crippen LogP contribution in [0.2, 0.25) is 10.0 Å². The number of aromatic nitrogens is 1. The van der Waals surface area contributed by atoms with Gasteiger partial charge in [-0.15, -0.1) is 0 Å². The zero-order valence-electron chi connectivity index (χ0n) is 12.9. The number of benzene rings is 1. The number of fused-ring (bicyclic) bond motifs is 3. The van der Waals surface area contributed by atoms with Gasteiger partial charge in [-0.25, -0.2) is 4.79 Å². The van der Waals surface area contributed by atoms with E-state index in [1.807, 2.05) is 0 Å². The summed E-state index contributed by atoms with van der Waals surface area (Å²) in [6.45, 7) is 3.06. The van der Waals surface area contributed by atoms with Crippen molar-refractivity contribution in [3.05, 3.63) is 26.3 Å². The Morgan fingerprint density at radius 3 is 2.67 bits per heavy atom. The van der Waals surface area contributed by atoms with Crippen LogP contribution in [-0.4, -0.2) is 46.7 Å². The van der Waals surface area contributed by atoms with Crippen molar-refractivity contribution in [2.24, 2.45) is 0 Å². The van der Waals surface area contributed by atoms with E-state index < -0.39 is 6.09 Å². The molecule has 2 amide bonds. The van der Waals surface area contributed by atoms with Crippen LogP contribution in [-0.2, 0) is 6.54 Å². The number of anilines is 1. The molecule has 0 atom stereocenters. The predicted molar refractivity (Wildman–Crippen MR) is 97.7 cm³/mol. The zero-order valence-corrected chi connectivity index (χ0v) is 16.0. The molecule has 0 aliphatic carbocycles. The summed E-state index contributed by atoms with van der Waals surface area (Å²) in [6, 6.07) is 1.52. The average molecular weight is 435 g/mol. The second-order valence-electron chi connectivity index (χ2n) is 5.48. The van der Waals surface area contributed by atoms with Gasteiger partial charge in [-0.05, 0) is 28.9 Å². The lowest BCUT2D eigenvalue weighted by Gasteiger charge is -2.25. The Labute approximate surface area is 156 Å². The Bertz CT molecular complexity index is 881. The third-order valence-electron chi connectivity index (χ3n) is 4.19. The van der Waals surface area contributed by atoms with E-state index in [1.54, 1.807) is 23.4 Å². The quantitative estimate of drug-likeness (QED) is 0.766. The van der Waals surface area contributed by atoms with Gasteiger partial charge in [0.15, 0.2) is 0 Å². The van der Waals surface area contributed by atoms with E-state index in [0.717, 1.165) is 0 Å². The minimum Gasteiger partial charge on any atom is -0.465 e. The van der Waals surface area contributed by atoms with Gasteiger partial charge in [0.25, 0.3) is 5.91 Å². The van der Waals surface area contributed by atoms with Crippen LogP contribution >= 0.6 is 39.1 Å². The molecule has 9 heteroatoms. The summed E-state index contributed by atoms with van der Waals surface area (Å²) in [5.41, 5.74) is 1.42. The molecule has 24 heavy (non-hydrogen) atoms. The van der Waals surface area contributed by atoms with E-state index in [-0.39, 0.29) is 17.5 Å². The minimum atomic E-state index is -1.10. The lowest BCUT2D eigenvalue weighted by atomic mass is 10.2. The van der Waals surface area contributed by atoms with Crippen LogP contribution in [0.3, 0.4) is 0 Å². The van der Waals surface area contributed by atoms with E-state index in [2.05, 4.69) is 15.9 Å². The maximum absolute atomic E-state index is 12.6. The summed E-state index contributed by atoms with van der Waals surface area (Å²) in [5, 5.41) is 10.6. The first-order valence-electron chi connectivity index (χ1n) is 7.25. The van der Waals surface area contributed by atoms with Gasteiger partial charge in [-0.2, -0.15) is 0 Å². The Morgan fingerprint density at radius 2 is 2.08 bits per heavy atom. The maximum Gasteiger partial charge on any atom is 0.411 e. The first-order chi connectivity index (χ1) is 11.3. The number of halogens is 3. The number of hydrogen-bond acceptors (Lipinski definition) is 2. The van der Waals surface area contributed by atoms with Gasteiger partial charge in [0.2, 0.25) is 0 Å². The molecule has 2 aromatic rings. The summed E-state index contributed by atoms with van der Waals surface area (Å²) >= 11 is 16.1. The largest absolute Gasteiger partial charge is 0.465 e. The third kappa shape index (κ3) is 2.37. The van der Waals surface area contributed by atoms with E-state index in [1.165, 1.54) is 11.0 Å². The normalized spacial score (nSPS) is 14.2. The number of rotatable bonds is 2. The molecule has 0 bridgehead atoms. The van der Waals surface area contributed by atoms with Crippen LogP contribution in [0.1, 0.15) is 17.4 Å². The summed E-state index contributed by atoms with van der Waals surface area (Å²) in [7, 11) is 1.72. The van der Waals surface area contributed by atoms with Gasteiger partial charge >= 0.3 is 6.09 Å². The SMILES string of the molecule is CCN(C(=O)O)c1cc(Cl)c(Cl)c2c1c(Br)c1n2CCN(C)C1=O. The Balaban J connectivity index is 2.45. The second kappa shape index (κ2) is 6.13. The van der Waals surface area contributed by atoms with Gasteiger partial charge in [0.05, 0.1) is 25.7 Å². The van der Waals surface area contributed by atoms with E-state index in [0.29, 0.717) is 44.9 Å². The number of nitrogens with zero attached hydrogens (tertiary/aromatic N) is 3. The number of carbonyl (C=O) groups excluding carboxylic acids is 1. The van der Waals surface area contributed by atoms with E-state index in [4.69, 9.17) is 23.2 Å². The first kappa shape index (κ1) is 17.4. The lowest BCUT2D eigenvalue weighted by Crippen LogP contribution is -2.37. The van der Waals surface area contributed by atoms with Crippen molar-refractivity contribution in [1.29, 1.82) is 0 Å². The lowest BCUT2D eigenvalue weighted by molar-refractivity contribution is 0.0750. The molecule has 0 spiro atoms. The standard InChI is InChI=1S/C15H14BrCl2N3O3/c1-3-20(15(23)24)8-6-7(17)11(18)12-9(8)10(16)13-14(22)19(2)4-5-21(12)13/h6H,3-5H2,1-2H3,(H,23,24). The molecule has 0 saturated heterocycles. The Hall–Kier alpha value is -1.44. The molecule has 3 rings (SSSR count). The van der Waals surface area contributed by atoms with Gasteiger partial charge in [-0.3, -0.25) is 9.69 Å². The fraction of sp³-hybridized carbons (Fsp3) is 0.333. The van der Waals surface area contributed by atoms with Crippen LogP contribution in [0.4, 0.5) is 10.5 Å². The van der Waals surface area contributed by atoms with Gasteiger partial charge in [0.1, 0.15) is 5.69 Å². The zero-order chi connectivity index (χ0) is 17.8. The van der Waals surface area contributed by atoms with Crippen molar-refractivity contribution < 1.29 is 14.7 Å². The highest BCUT2D eigenvalue weighted by atomic mass is 79.9. The number of carboxylic acid groups (broad SMARTS) is 1. The summed E-state index contributed by atoms with van der Waals surface area (Å²) < 4.78 is 2.33. The number of likely N-dealkylation sites (N-methyl/N-ethyl adjacent to an activating group) is 1. The summed E-state index contributed by atoms with van der Waals surface area (Å²) in [5.74, 6) is -0.152. The topological polar surface area (TPSA) is 65.8 Å². The molecule has 0 radical (unpaired) electrons. The minimum absolute atomic E-state index is 0.152. The molecule has 0 saturated carbocycles. The molecule has 0 fully saturated rings. The van der Waals surface area contributed by atoms with Gasteiger partial charge < -0.3 is 14.6 Å². The Morgan fingerprint density at radius 1 is 1.42 bits per heavy atom. The second-order valence-corrected chi connectivity index (χ2v) is 7.06. The summed E-state index contributed by atoms with van der Waals surface area (Å²) in [6.07, 6.45) is -1.10. The highest BCUT2D eigenvalue weighted by Gasteiger charge is 2.32. The summed E-state index contributed by atoms with van der Waals surface area (Å²) in [4.78, 5) is 26.9. The van der Waals surface area contributed by atoms with Crippen molar-refractivity contribution in [3.63, 3.8) is 0 Å². The molecule has 0 unspecified atom stereocenters.